The highest BCUT2D eigenvalue weighted by Gasteiger charge is 2.32. The third kappa shape index (κ3) is 6.30. The molecule has 4 aromatic rings. The summed E-state index contributed by atoms with van der Waals surface area (Å²) in [5.74, 6) is 0.348. The number of amides is 3. The van der Waals surface area contributed by atoms with Gasteiger partial charge in [-0.2, -0.15) is 0 Å². The molecule has 0 bridgehead atoms. The monoisotopic (exact) mass is 563 g/mol. The van der Waals surface area contributed by atoms with Crippen molar-refractivity contribution in [2.45, 2.75) is 45.2 Å². The minimum atomic E-state index is -0.691. The Morgan fingerprint density at radius 3 is 2.43 bits per heavy atom. The second kappa shape index (κ2) is 13.3. The molecule has 216 valence electrons. The molecule has 0 spiro atoms. The lowest BCUT2D eigenvalue weighted by molar-refractivity contribution is -0.141. The van der Waals surface area contributed by atoms with Gasteiger partial charge in [-0.25, -0.2) is 0 Å². The molecule has 1 aliphatic heterocycles. The summed E-state index contributed by atoms with van der Waals surface area (Å²) in [6.45, 7) is 3.22. The molecule has 1 heterocycles. The fraction of sp³-hybridized carbons (Fsp3) is 0.286. The molecular weight excluding hydrogens is 526 g/mol. The first-order chi connectivity index (χ1) is 20.5. The molecule has 0 saturated heterocycles. The Kier molecular flexibility index (Phi) is 9.17. The molecule has 0 aromatic heterocycles. The first kappa shape index (κ1) is 28.9. The first-order valence-corrected chi connectivity index (χ1v) is 14.6. The predicted molar refractivity (Wildman–Crippen MR) is 166 cm³/mol. The number of nitrogens with one attached hydrogen (secondary N) is 1. The third-order valence-electron chi connectivity index (χ3n) is 7.73. The Morgan fingerprint density at radius 2 is 1.67 bits per heavy atom. The number of carbonyl (C=O) groups excluding carboxylic acids is 3. The third-order valence-corrected chi connectivity index (χ3v) is 7.73. The maximum absolute atomic E-state index is 14.0. The summed E-state index contributed by atoms with van der Waals surface area (Å²) >= 11 is 0. The zero-order valence-corrected chi connectivity index (χ0v) is 24.2. The Morgan fingerprint density at radius 1 is 0.929 bits per heavy atom. The Labute approximate surface area is 247 Å². The zero-order valence-electron chi connectivity index (χ0n) is 24.2. The van der Waals surface area contributed by atoms with Crippen molar-refractivity contribution in [3.8, 4) is 5.75 Å². The number of benzene rings is 4. The second-order valence-electron chi connectivity index (χ2n) is 10.6. The molecule has 3 amide bonds. The maximum Gasteiger partial charge on any atom is 0.258 e. The van der Waals surface area contributed by atoms with E-state index in [9.17, 15) is 14.4 Å². The normalized spacial score (nSPS) is 12.8. The minimum Gasteiger partial charge on any atom is -0.497 e. The van der Waals surface area contributed by atoms with Crippen molar-refractivity contribution in [1.29, 1.82) is 0 Å². The number of ether oxygens (including phenoxy) is 1. The summed E-state index contributed by atoms with van der Waals surface area (Å²) in [5.41, 5.74) is 3.44. The minimum absolute atomic E-state index is 0.0385. The molecule has 1 atom stereocenters. The lowest BCUT2D eigenvalue weighted by Gasteiger charge is -2.32. The molecule has 4 aromatic carbocycles. The van der Waals surface area contributed by atoms with E-state index in [0.717, 1.165) is 34.0 Å². The number of hydrogen-bond acceptors (Lipinski definition) is 4. The van der Waals surface area contributed by atoms with E-state index in [-0.39, 0.29) is 30.7 Å². The average molecular weight is 564 g/mol. The summed E-state index contributed by atoms with van der Waals surface area (Å²) < 4.78 is 5.42. The van der Waals surface area contributed by atoms with E-state index in [1.807, 2.05) is 97.9 Å². The van der Waals surface area contributed by atoms with Gasteiger partial charge in [0.25, 0.3) is 5.91 Å². The van der Waals surface area contributed by atoms with Crippen molar-refractivity contribution < 1.29 is 19.1 Å². The van der Waals surface area contributed by atoms with Crippen molar-refractivity contribution in [3.05, 3.63) is 108 Å². The van der Waals surface area contributed by atoms with E-state index in [1.54, 1.807) is 16.9 Å². The van der Waals surface area contributed by atoms with Gasteiger partial charge < -0.3 is 19.9 Å². The van der Waals surface area contributed by atoms with Crippen LogP contribution in [0.3, 0.4) is 0 Å². The van der Waals surface area contributed by atoms with Crippen LogP contribution in [0.1, 0.15) is 47.7 Å². The summed E-state index contributed by atoms with van der Waals surface area (Å²) in [6, 6.07) is 28.4. The highest BCUT2D eigenvalue weighted by molar-refractivity contribution is 6.25. The van der Waals surface area contributed by atoms with Crippen molar-refractivity contribution in [2.24, 2.45) is 0 Å². The molecule has 0 saturated carbocycles. The lowest BCUT2D eigenvalue weighted by atomic mass is 10.0. The van der Waals surface area contributed by atoms with Crippen LogP contribution in [0.2, 0.25) is 0 Å². The van der Waals surface area contributed by atoms with E-state index < -0.39 is 6.04 Å². The number of anilines is 1. The summed E-state index contributed by atoms with van der Waals surface area (Å²) in [5, 5.41) is 5.01. The van der Waals surface area contributed by atoms with Crippen LogP contribution < -0.4 is 15.0 Å². The summed E-state index contributed by atoms with van der Waals surface area (Å²) in [7, 11) is 1.61. The van der Waals surface area contributed by atoms with Crippen molar-refractivity contribution in [3.63, 3.8) is 0 Å². The van der Waals surface area contributed by atoms with Crippen LogP contribution in [-0.4, -0.2) is 48.9 Å². The second-order valence-corrected chi connectivity index (χ2v) is 10.6. The number of rotatable bonds is 13. The molecule has 42 heavy (non-hydrogen) atoms. The molecular formula is C35H37N3O4. The molecule has 0 fully saturated rings. The quantitative estimate of drug-likeness (QED) is 0.225. The van der Waals surface area contributed by atoms with Gasteiger partial charge in [-0.3, -0.25) is 14.4 Å². The van der Waals surface area contributed by atoms with Gasteiger partial charge >= 0.3 is 0 Å². The van der Waals surface area contributed by atoms with Crippen LogP contribution >= 0.6 is 0 Å². The van der Waals surface area contributed by atoms with Crippen LogP contribution in [0.25, 0.3) is 10.8 Å². The standard InChI is InChI=1S/C35H37N3O4/c1-3-20-36-34(40)31(23-25-11-5-4-6-12-25)38(24-26-13-7-16-28(22-26)42-2)32(39)19-10-21-37-30-18-9-15-27-14-8-17-29(33(27)30)35(37)41/h4-9,11-18,22,31H,3,10,19-21,23-24H2,1-2H3,(H,36,40)/t31-/m1/s1. The van der Waals surface area contributed by atoms with Crippen molar-refractivity contribution >= 4 is 34.2 Å². The molecule has 0 radical (unpaired) electrons. The molecule has 7 nitrogen and oxygen atoms in total. The van der Waals surface area contributed by atoms with Gasteiger partial charge in [-0.15, -0.1) is 0 Å². The van der Waals surface area contributed by atoms with E-state index in [0.29, 0.717) is 37.2 Å². The highest BCUT2D eigenvalue weighted by atomic mass is 16.5. The predicted octanol–water partition coefficient (Wildman–Crippen LogP) is 5.76. The average Bonchev–Trinajstić information content (AvgIpc) is 3.30. The topological polar surface area (TPSA) is 79.0 Å². The fourth-order valence-electron chi connectivity index (χ4n) is 5.62. The Hall–Kier alpha value is -4.65. The van der Waals surface area contributed by atoms with Gasteiger partial charge in [-0.05, 0) is 53.6 Å². The smallest absolute Gasteiger partial charge is 0.258 e. The highest BCUT2D eigenvalue weighted by Crippen LogP contribution is 2.37. The van der Waals surface area contributed by atoms with Crippen molar-refractivity contribution in [1.82, 2.24) is 10.2 Å². The number of methoxy groups -OCH3 is 1. The van der Waals surface area contributed by atoms with Gasteiger partial charge in [0.1, 0.15) is 11.8 Å². The van der Waals surface area contributed by atoms with Crippen LogP contribution in [0, 0.1) is 0 Å². The van der Waals surface area contributed by atoms with E-state index in [4.69, 9.17) is 4.74 Å². The number of hydrogen-bond donors (Lipinski definition) is 1. The molecule has 1 N–H and O–H groups in total. The molecule has 5 rings (SSSR count). The Balaban J connectivity index is 1.37. The van der Waals surface area contributed by atoms with Crippen LogP contribution in [-0.2, 0) is 22.6 Å². The Bertz CT molecular complexity index is 1560. The number of nitrogens with zero attached hydrogens (tertiary/aromatic N) is 2. The lowest BCUT2D eigenvalue weighted by Crippen LogP contribution is -2.50. The van der Waals surface area contributed by atoms with Crippen molar-refractivity contribution in [2.75, 3.05) is 25.1 Å². The van der Waals surface area contributed by atoms with Gasteiger partial charge in [0, 0.05) is 43.4 Å². The molecule has 0 unspecified atom stereocenters. The van der Waals surface area contributed by atoms with Gasteiger partial charge in [-0.1, -0.05) is 73.7 Å². The molecule has 7 heteroatoms. The molecule has 1 aliphatic rings. The van der Waals surface area contributed by atoms with Crippen LogP contribution in [0.15, 0.2) is 91.0 Å². The first-order valence-electron chi connectivity index (χ1n) is 14.6. The maximum atomic E-state index is 14.0. The van der Waals surface area contributed by atoms with E-state index in [2.05, 4.69) is 5.32 Å². The van der Waals surface area contributed by atoms with Crippen LogP contribution in [0.5, 0.6) is 5.75 Å². The van der Waals surface area contributed by atoms with Crippen LogP contribution in [0.4, 0.5) is 5.69 Å². The fourth-order valence-corrected chi connectivity index (χ4v) is 5.62. The molecule has 0 aliphatic carbocycles. The van der Waals surface area contributed by atoms with Gasteiger partial charge in [0.15, 0.2) is 0 Å². The van der Waals surface area contributed by atoms with Gasteiger partial charge in [0.2, 0.25) is 11.8 Å². The van der Waals surface area contributed by atoms with E-state index >= 15 is 0 Å². The summed E-state index contributed by atoms with van der Waals surface area (Å²) in [6.07, 6.45) is 1.87. The summed E-state index contributed by atoms with van der Waals surface area (Å²) in [4.78, 5) is 44.2. The van der Waals surface area contributed by atoms with Gasteiger partial charge in [0.05, 0.1) is 12.8 Å². The largest absolute Gasteiger partial charge is 0.497 e. The van der Waals surface area contributed by atoms with E-state index in [1.165, 1.54) is 0 Å². The zero-order chi connectivity index (χ0) is 29.5. The number of carbonyl (C=O) groups is 3. The SMILES string of the molecule is CCCNC(=O)[C@@H](Cc1ccccc1)N(Cc1cccc(OC)c1)C(=O)CCCN1C(=O)c2cccc3cccc1c23.